The van der Waals surface area contributed by atoms with Crippen molar-refractivity contribution in [3.8, 4) is 0 Å². The van der Waals surface area contributed by atoms with E-state index in [9.17, 15) is 9.59 Å². The lowest BCUT2D eigenvalue weighted by Crippen LogP contribution is -2.30. The van der Waals surface area contributed by atoms with Crippen molar-refractivity contribution in [2.24, 2.45) is 33.7 Å². The largest absolute Gasteiger partial charge is 0.480 e. The molecule has 0 aromatic rings. The fourth-order valence-corrected chi connectivity index (χ4v) is 1.27. The van der Waals surface area contributed by atoms with E-state index in [2.05, 4.69) is 4.99 Å². The molecule has 10 heteroatoms. The van der Waals surface area contributed by atoms with Gasteiger partial charge in [-0.2, -0.15) is 0 Å². The fourth-order valence-electron chi connectivity index (χ4n) is 1.27. The zero-order valence-electron chi connectivity index (χ0n) is 12.6. The van der Waals surface area contributed by atoms with Gasteiger partial charge in [0.25, 0.3) is 0 Å². The van der Waals surface area contributed by atoms with Crippen molar-refractivity contribution in [3.05, 3.63) is 0 Å². The van der Waals surface area contributed by atoms with Crippen LogP contribution in [0.25, 0.3) is 0 Å². The Morgan fingerprint density at radius 1 is 0.909 bits per heavy atom. The highest BCUT2D eigenvalue weighted by Gasteiger charge is 2.10. The number of aliphatic imine (C=N–C) groups is 1. The Morgan fingerprint density at radius 3 is 1.73 bits per heavy atom. The van der Waals surface area contributed by atoms with Gasteiger partial charge >= 0.3 is 11.9 Å². The predicted molar refractivity (Wildman–Crippen MR) is 84.0 cm³/mol. The maximum absolute atomic E-state index is 10.2. The number of aliphatic carboxylic acids is 2. The Kier molecular flexibility index (Phi) is 14.3. The minimum atomic E-state index is -1.00. The first-order valence-electron chi connectivity index (χ1n) is 6.94. The quantitative estimate of drug-likeness (QED) is 0.134. The van der Waals surface area contributed by atoms with Gasteiger partial charge in [0.2, 0.25) is 0 Å². The number of unbranched alkanes of at least 4 members (excludes halogenated alkanes) is 1. The molecule has 12 N–H and O–H groups in total. The van der Waals surface area contributed by atoms with E-state index in [1.807, 2.05) is 0 Å². The summed E-state index contributed by atoms with van der Waals surface area (Å²) in [5.41, 5.74) is 25.7. The maximum Gasteiger partial charge on any atom is 0.320 e. The van der Waals surface area contributed by atoms with Gasteiger partial charge in [0.1, 0.15) is 12.1 Å². The second-order valence-corrected chi connectivity index (χ2v) is 4.62. The molecule has 0 saturated carbocycles. The van der Waals surface area contributed by atoms with E-state index < -0.39 is 24.0 Å². The Bertz CT molecular complexity index is 347. The number of hydrogen-bond acceptors (Lipinski definition) is 6. The lowest BCUT2D eigenvalue weighted by atomic mass is 10.1. The first-order chi connectivity index (χ1) is 10.2. The highest BCUT2D eigenvalue weighted by molar-refractivity contribution is 5.75. The summed E-state index contributed by atoms with van der Waals surface area (Å²) in [5, 5.41) is 16.7. The van der Waals surface area contributed by atoms with Crippen LogP contribution in [0.15, 0.2) is 4.99 Å². The molecule has 0 radical (unpaired) electrons. The molecule has 2 atom stereocenters. The fraction of sp³-hybridized carbons (Fsp3) is 0.750. The van der Waals surface area contributed by atoms with Crippen LogP contribution < -0.4 is 28.7 Å². The zero-order chi connectivity index (χ0) is 17.5. The normalized spacial score (nSPS) is 12.5. The average Bonchev–Trinajstić information content (AvgIpc) is 2.43. The number of nitrogens with zero attached hydrogens (tertiary/aromatic N) is 1. The molecule has 1 unspecified atom stereocenters. The van der Waals surface area contributed by atoms with Crippen LogP contribution in [0, 0.1) is 0 Å². The van der Waals surface area contributed by atoms with E-state index in [-0.39, 0.29) is 5.96 Å². The van der Waals surface area contributed by atoms with E-state index in [4.69, 9.17) is 38.9 Å². The number of carboxylic acid groups (broad SMARTS) is 2. The first kappa shape index (κ1) is 22.4. The summed E-state index contributed by atoms with van der Waals surface area (Å²) in [5.74, 6) is -1.92. The predicted octanol–water partition coefficient (Wildman–Crippen LogP) is -2.02. The monoisotopic (exact) mass is 320 g/mol. The van der Waals surface area contributed by atoms with Crippen molar-refractivity contribution in [1.82, 2.24) is 0 Å². The van der Waals surface area contributed by atoms with E-state index >= 15 is 0 Å². The van der Waals surface area contributed by atoms with Crippen LogP contribution in [0.5, 0.6) is 0 Å². The van der Waals surface area contributed by atoms with Crippen molar-refractivity contribution < 1.29 is 19.8 Å². The third-order valence-corrected chi connectivity index (χ3v) is 2.57. The zero-order valence-corrected chi connectivity index (χ0v) is 12.6. The van der Waals surface area contributed by atoms with Crippen LogP contribution in [0.1, 0.15) is 32.1 Å². The van der Waals surface area contributed by atoms with E-state index in [1.165, 1.54) is 0 Å². The van der Waals surface area contributed by atoms with Gasteiger partial charge in [-0.1, -0.05) is 6.42 Å². The molecule has 0 aromatic heterocycles. The molecule has 130 valence electrons. The lowest BCUT2D eigenvalue weighted by molar-refractivity contribution is -0.139. The Labute approximate surface area is 129 Å². The van der Waals surface area contributed by atoms with E-state index in [0.29, 0.717) is 32.4 Å². The molecule has 0 bridgehead atoms. The summed E-state index contributed by atoms with van der Waals surface area (Å²) in [4.78, 5) is 24.0. The smallest absolute Gasteiger partial charge is 0.320 e. The highest BCUT2D eigenvalue weighted by Crippen LogP contribution is 1.97. The Balaban J connectivity index is 0. The topological polar surface area (TPSA) is 217 Å². The molecular formula is C12H28N6O4. The minimum Gasteiger partial charge on any atom is -0.480 e. The number of hydrogen-bond donors (Lipinski definition) is 7. The summed E-state index contributed by atoms with van der Waals surface area (Å²) < 4.78 is 0. The van der Waals surface area contributed by atoms with Gasteiger partial charge in [0.05, 0.1) is 0 Å². The van der Waals surface area contributed by atoms with Crippen LogP contribution in [0.3, 0.4) is 0 Å². The second-order valence-electron chi connectivity index (χ2n) is 4.62. The third-order valence-electron chi connectivity index (χ3n) is 2.57. The molecule has 0 aromatic carbocycles. The molecule has 10 nitrogen and oxygen atoms in total. The van der Waals surface area contributed by atoms with Crippen LogP contribution in [-0.2, 0) is 9.59 Å². The van der Waals surface area contributed by atoms with Gasteiger partial charge < -0.3 is 38.9 Å². The average molecular weight is 320 g/mol. The van der Waals surface area contributed by atoms with Gasteiger partial charge in [-0.25, -0.2) is 0 Å². The van der Waals surface area contributed by atoms with E-state index in [1.54, 1.807) is 0 Å². The van der Waals surface area contributed by atoms with Crippen molar-refractivity contribution in [3.63, 3.8) is 0 Å². The molecule has 0 saturated heterocycles. The number of carboxylic acids is 2. The molecule has 0 spiro atoms. The van der Waals surface area contributed by atoms with E-state index in [0.717, 1.165) is 12.8 Å². The molecule has 0 amide bonds. The van der Waals surface area contributed by atoms with Gasteiger partial charge in [-0.3, -0.25) is 14.6 Å². The molecular weight excluding hydrogens is 292 g/mol. The lowest BCUT2D eigenvalue weighted by Gasteiger charge is -2.03. The van der Waals surface area contributed by atoms with Crippen LogP contribution in [0.2, 0.25) is 0 Å². The minimum absolute atomic E-state index is 0.0129. The number of rotatable bonds is 10. The van der Waals surface area contributed by atoms with Crippen LogP contribution in [0.4, 0.5) is 0 Å². The first-order valence-corrected chi connectivity index (χ1v) is 6.94. The molecule has 22 heavy (non-hydrogen) atoms. The molecule has 0 rings (SSSR count). The summed E-state index contributed by atoms with van der Waals surface area (Å²) in [6, 6.07) is -1.54. The summed E-state index contributed by atoms with van der Waals surface area (Å²) in [7, 11) is 0. The summed E-state index contributed by atoms with van der Waals surface area (Å²) in [6.07, 6.45) is 3.12. The molecule has 0 aliphatic rings. The number of carbonyl (C=O) groups is 2. The van der Waals surface area contributed by atoms with Gasteiger partial charge in [0.15, 0.2) is 5.96 Å². The van der Waals surface area contributed by atoms with Gasteiger partial charge in [-0.15, -0.1) is 0 Å². The Hall–Kier alpha value is -1.91. The summed E-state index contributed by atoms with van der Waals surface area (Å²) >= 11 is 0. The molecule has 0 fully saturated rings. The molecule has 0 aliphatic heterocycles. The van der Waals surface area contributed by atoms with Crippen molar-refractivity contribution in [2.45, 2.75) is 44.2 Å². The summed E-state index contributed by atoms with van der Waals surface area (Å²) in [6.45, 7) is 1.02. The second kappa shape index (κ2) is 14.0. The van der Waals surface area contributed by atoms with Crippen molar-refractivity contribution >= 4 is 17.9 Å². The van der Waals surface area contributed by atoms with Gasteiger partial charge in [0, 0.05) is 6.54 Å². The molecule has 0 heterocycles. The van der Waals surface area contributed by atoms with Crippen LogP contribution in [-0.4, -0.2) is 53.3 Å². The molecule has 0 aliphatic carbocycles. The number of guanidine groups is 1. The van der Waals surface area contributed by atoms with Crippen LogP contribution >= 0.6 is 0 Å². The number of nitrogens with two attached hydrogens (primary N) is 5. The Morgan fingerprint density at radius 2 is 1.36 bits per heavy atom. The standard InChI is InChI=1S/C6H14N4O2.C6H14N2O2/c7-4(5(11)12)2-1-3-10-6(8)9;7-4-2-1-3-5(8)6(9)10/h4H,1-3,7H2,(H,11,12)(H4,8,9,10);5H,1-4,7-8H2,(H,9,10)/t;5-/m.0/s1. The highest BCUT2D eigenvalue weighted by atomic mass is 16.4. The SMILES string of the molecule is NC(N)=NCCCC(N)C(=O)O.NCCCC[C@H](N)C(=O)O. The third kappa shape index (κ3) is 16.1. The maximum atomic E-state index is 10.2. The van der Waals surface area contributed by atoms with Crippen molar-refractivity contribution in [2.75, 3.05) is 13.1 Å². The van der Waals surface area contributed by atoms with Crippen molar-refractivity contribution in [1.29, 1.82) is 0 Å². The van der Waals surface area contributed by atoms with Gasteiger partial charge in [-0.05, 0) is 32.2 Å².